The molecule has 1 aliphatic rings. The molecule has 0 aromatic heterocycles. The molecule has 1 aliphatic heterocycles. The molecule has 0 saturated carbocycles. The molecular formula is C29H26F3NO5. The molecule has 0 radical (unpaired) electrons. The molecule has 1 fully saturated rings. The molecule has 1 amide bonds. The topological polar surface area (TPSA) is 76.1 Å². The van der Waals surface area contributed by atoms with Crippen molar-refractivity contribution in [2.24, 2.45) is 0 Å². The zero-order valence-electron chi connectivity index (χ0n) is 21.0. The Morgan fingerprint density at radius 3 is 2.24 bits per heavy atom. The number of rotatable bonds is 7. The Morgan fingerprint density at radius 1 is 0.947 bits per heavy atom. The third kappa shape index (κ3) is 5.09. The summed E-state index contributed by atoms with van der Waals surface area (Å²) in [7, 11) is 0. The maximum Gasteiger partial charge on any atom is 0.416 e. The lowest BCUT2D eigenvalue weighted by Gasteiger charge is -2.26. The van der Waals surface area contributed by atoms with Gasteiger partial charge in [-0.3, -0.25) is 14.5 Å². The van der Waals surface area contributed by atoms with E-state index in [2.05, 4.69) is 0 Å². The Balaban J connectivity index is 1.92. The number of aliphatic hydroxyl groups excluding tert-OH is 1. The highest BCUT2D eigenvalue weighted by atomic mass is 19.4. The number of hydrogen-bond donors (Lipinski definition) is 1. The van der Waals surface area contributed by atoms with Gasteiger partial charge in [-0.25, -0.2) is 0 Å². The normalized spacial score (nSPS) is 17.1. The summed E-state index contributed by atoms with van der Waals surface area (Å²) in [5.41, 5.74) is 0.512. The first-order valence-electron chi connectivity index (χ1n) is 12.0. The number of hydrogen-bond acceptors (Lipinski definition) is 5. The number of nitrogens with zero attached hydrogens (tertiary/aromatic N) is 1. The van der Waals surface area contributed by atoms with Crippen molar-refractivity contribution < 1.29 is 37.3 Å². The number of alkyl halides is 3. The van der Waals surface area contributed by atoms with E-state index in [0.717, 1.165) is 34.7 Å². The van der Waals surface area contributed by atoms with E-state index in [9.17, 15) is 27.9 Å². The first-order valence-corrected chi connectivity index (χ1v) is 12.0. The largest absolute Gasteiger partial charge is 0.507 e. The van der Waals surface area contributed by atoms with E-state index in [1.54, 1.807) is 37.3 Å². The average molecular weight is 526 g/mol. The maximum atomic E-state index is 13.4. The standard InChI is InChI=1S/C29H26F3NO5/c1-4-37-21-13-14-22(23(16-21)38-5-2)26(34)24-25(18-8-6-7-17(3)15-18)33(28(36)27(24)35)20-11-9-19(10-12-20)29(30,31)32/h6-16,25,34H,4-5H2,1-3H3/b26-24-. The van der Waals surface area contributed by atoms with Crippen molar-refractivity contribution in [3.8, 4) is 11.5 Å². The molecule has 198 valence electrons. The third-order valence-corrected chi connectivity index (χ3v) is 6.09. The monoisotopic (exact) mass is 525 g/mol. The van der Waals surface area contributed by atoms with Crippen molar-refractivity contribution in [1.82, 2.24) is 0 Å². The summed E-state index contributed by atoms with van der Waals surface area (Å²) in [4.78, 5) is 27.8. The molecule has 1 heterocycles. The molecular weight excluding hydrogens is 499 g/mol. The minimum atomic E-state index is -4.56. The summed E-state index contributed by atoms with van der Waals surface area (Å²) in [5.74, 6) is -1.66. The summed E-state index contributed by atoms with van der Waals surface area (Å²) in [6.07, 6.45) is -4.56. The van der Waals surface area contributed by atoms with Gasteiger partial charge in [0.15, 0.2) is 0 Å². The summed E-state index contributed by atoms with van der Waals surface area (Å²) in [5, 5.41) is 11.5. The van der Waals surface area contributed by atoms with Gasteiger partial charge in [-0.2, -0.15) is 13.2 Å². The Labute approximate surface area is 217 Å². The van der Waals surface area contributed by atoms with Crippen LogP contribution in [0.15, 0.2) is 72.3 Å². The number of Topliss-reactive ketones (excluding diaryl/α,β-unsaturated/α-hetero) is 1. The highest BCUT2D eigenvalue weighted by Crippen LogP contribution is 2.44. The van der Waals surface area contributed by atoms with E-state index in [1.165, 1.54) is 6.07 Å². The summed E-state index contributed by atoms with van der Waals surface area (Å²) in [6, 6.07) is 14.6. The fraction of sp³-hybridized carbons (Fsp3) is 0.241. The zero-order valence-corrected chi connectivity index (χ0v) is 21.0. The van der Waals surface area contributed by atoms with Gasteiger partial charge >= 0.3 is 6.18 Å². The van der Waals surface area contributed by atoms with Crippen LogP contribution in [0.25, 0.3) is 5.76 Å². The summed E-state index contributed by atoms with van der Waals surface area (Å²) >= 11 is 0. The Kier molecular flexibility index (Phi) is 7.48. The summed E-state index contributed by atoms with van der Waals surface area (Å²) in [6.45, 7) is 6.07. The number of carbonyl (C=O) groups excluding carboxylic acids is 2. The van der Waals surface area contributed by atoms with Gasteiger partial charge in [0.05, 0.1) is 36.0 Å². The van der Waals surface area contributed by atoms with Crippen LogP contribution in [0, 0.1) is 6.92 Å². The van der Waals surface area contributed by atoms with Crippen molar-refractivity contribution in [3.05, 3.63) is 94.6 Å². The quantitative estimate of drug-likeness (QED) is 0.218. The Hall–Kier alpha value is -4.27. The van der Waals surface area contributed by atoms with E-state index in [0.29, 0.717) is 17.9 Å². The molecule has 4 rings (SSSR count). The van der Waals surface area contributed by atoms with E-state index < -0.39 is 35.2 Å². The second kappa shape index (κ2) is 10.6. The first kappa shape index (κ1) is 26.8. The molecule has 3 aromatic rings. The van der Waals surface area contributed by atoms with Gasteiger partial charge in [-0.1, -0.05) is 29.8 Å². The Bertz CT molecular complexity index is 1400. The van der Waals surface area contributed by atoms with E-state index in [1.807, 2.05) is 19.9 Å². The van der Waals surface area contributed by atoms with Crippen LogP contribution in [0.1, 0.15) is 42.1 Å². The van der Waals surface area contributed by atoms with Crippen LogP contribution in [-0.4, -0.2) is 30.0 Å². The SMILES string of the molecule is CCOc1ccc(/C(O)=C2/C(=O)C(=O)N(c3ccc(C(F)(F)F)cc3)C2c2cccc(C)c2)c(OCC)c1. The van der Waals surface area contributed by atoms with Crippen molar-refractivity contribution in [3.63, 3.8) is 0 Å². The number of amides is 1. The minimum absolute atomic E-state index is 0.0855. The van der Waals surface area contributed by atoms with Crippen LogP contribution in [0.5, 0.6) is 11.5 Å². The number of anilines is 1. The molecule has 0 bridgehead atoms. The van der Waals surface area contributed by atoms with Crippen molar-refractivity contribution >= 4 is 23.1 Å². The first-order chi connectivity index (χ1) is 18.1. The van der Waals surface area contributed by atoms with Crippen molar-refractivity contribution in [2.45, 2.75) is 33.0 Å². The van der Waals surface area contributed by atoms with E-state index >= 15 is 0 Å². The molecule has 3 aromatic carbocycles. The molecule has 0 aliphatic carbocycles. The second-order valence-electron chi connectivity index (χ2n) is 8.65. The lowest BCUT2D eigenvalue weighted by molar-refractivity contribution is -0.137. The maximum absolute atomic E-state index is 13.4. The van der Waals surface area contributed by atoms with Crippen LogP contribution >= 0.6 is 0 Å². The third-order valence-electron chi connectivity index (χ3n) is 6.09. The highest BCUT2D eigenvalue weighted by Gasteiger charge is 2.47. The van der Waals surface area contributed by atoms with Gasteiger partial charge in [0.25, 0.3) is 11.7 Å². The molecule has 6 nitrogen and oxygen atoms in total. The zero-order chi connectivity index (χ0) is 27.6. The van der Waals surface area contributed by atoms with Crippen LogP contribution in [0.2, 0.25) is 0 Å². The molecule has 9 heteroatoms. The number of aliphatic hydroxyl groups is 1. The number of carbonyl (C=O) groups is 2. The fourth-order valence-corrected chi connectivity index (χ4v) is 4.44. The smallest absolute Gasteiger partial charge is 0.416 e. The lowest BCUT2D eigenvalue weighted by Crippen LogP contribution is -2.29. The van der Waals surface area contributed by atoms with Gasteiger partial charge < -0.3 is 14.6 Å². The van der Waals surface area contributed by atoms with Gasteiger partial charge in [-0.05, 0) is 62.7 Å². The number of benzene rings is 3. The average Bonchev–Trinajstić information content (AvgIpc) is 3.14. The molecule has 38 heavy (non-hydrogen) atoms. The van der Waals surface area contributed by atoms with Gasteiger partial charge in [-0.15, -0.1) is 0 Å². The lowest BCUT2D eigenvalue weighted by atomic mass is 9.94. The van der Waals surface area contributed by atoms with Crippen LogP contribution in [0.4, 0.5) is 18.9 Å². The molecule has 0 spiro atoms. The number of halogens is 3. The van der Waals surface area contributed by atoms with Crippen molar-refractivity contribution in [2.75, 3.05) is 18.1 Å². The van der Waals surface area contributed by atoms with Gasteiger partial charge in [0.2, 0.25) is 0 Å². The predicted octanol–water partition coefficient (Wildman–Crippen LogP) is 6.44. The molecule has 1 unspecified atom stereocenters. The van der Waals surface area contributed by atoms with E-state index in [4.69, 9.17) is 9.47 Å². The number of ketones is 1. The highest BCUT2D eigenvalue weighted by molar-refractivity contribution is 6.51. The van der Waals surface area contributed by atoms with Crippen molar-refractivity contribution in [1.29, 1.82) is 0 Å². The number of ether oxygens (including phenoxy) is 2. The second-order valence-corrected chi connectivity index (χ2v) is 8.65. The Morgan fingerprint density at radius 2 is 1.63 bits per heavy atom. The van der Waals surface area contributed by atoms with Gasteiger partial charge in [0, 0.05) is 11.8 Å². The fourth-order valence-electron chi connectivity index (χ4n) is 4.44. The molecule has 1 saturated heterocycles. The van der Waals surface area contributed by atoms with Gasteiger partial charge in [0.1, 0.15) is 17.3 Å². The summed E-state index contributed by atoms with van der Waals surface area (Å²) < 4.78 is 50.7. The minimum Gasteiger partial charge on any atom is -0.507 e. The molecule has 1 N–H and O–H groups in total. The number of aryl methyl sites for hydroxylation is 1. The van der Waals surface area contributed by atoms with Crippen LogP contribution in [0.3, 0.4) is 0 Å². The van der Waals surface area contributed by atoms with E-state index in [-0.39, 0.29) is 29.2 Å². The predicted molar refractivity (Wildman–Crippen MR) is 136 cm³/mol. The molecule has 1 atom stereocenters. The van der Waals surface area contributed by atoms with Crippen LogP contribution in [-0.2, 0) is 15.8 Å². The van der Waals surface area contributed by atoms with Crippen LogP contribution < -0.4 is 14.4 Å².